The van der Waals surface area contributed by atoms with E-state index in [0.29, 0.717) is 18.7 Å². The van der Waals surface area contributed by atoms with Crippen LogP contribution in [0.25, 0.3) is 10.9 Å². The van der Waals surface area contributed by atoms with Gasteiger partial charge in [-0.3, -0.25) is 9.59 Å². The number of amides is 2. The van der Waals surface area contributed by atoms with Gasteiger partial charge in [0.05, 0.1) is 18.8 Å². The molecule has 6 heteroatoms. The first-order valence-corrected chi connectivity index (χ1v) is 8.85. The van der Waals surface area contributed by atoms with Gasteiger partial charge in [0.25, 0.3) is 0 Å². The lowest BCUT2D eigenvalue weighted by atomic mass is 9.90. The Morgan fingerprint density at radius 1 is 1.19 bits per heavy atom. The number of aromatic nitrogens is 1. The zero-order valence-electron chi connectivity index (χ0n) is 14.4. The Bertz CT molecular complexity index is 1000. The average Bonchev–Trinajstić information content (AvgIpc) is 3.27. The molecule has 6 nitrogen and oxygen atoms in total. The number of aromatic amines is 1. The molecule has 0 bridgehead atoms. The number of hydrogen-bond acceptors (Lipinski definition) is 3. The van der Waals surface area contributed by atoms with Gasteiger partial charge in [-0.2, -0.15) is 0 Å². The number of piperazine rings is 1. The molecule has 1 fully saturated rings. The van der Waals surface area contributed by atoms with Crippen LogP contribution < -0.4 is 0 Å². The van der Waals surface area contributed by atoms with Gasteiger partial charge in [0, 0.05) is 23.0 Å². The molecule has 2 atom stereocenters. The van der Waals surface area contributed by atoms with E-state index < -0.39 is 6.04 Å². The molecule has 3 aromatic rings. The van der Waals surface area contributed by atoms with Crippen LogP contribution in [-0.2, 0) is 22.6 Å². The number of H-pyrrole nitrogens is 1. The summed E-state index contributed by atoms with van der Waals surface area (Å²) >= 11 is 0. The molecule has 2 aliphatic rings. The van der Waals surface area contributed by atoms with Gasteiger partial charge in [-0.05, 0) is 30.7 Å². The number of para-hydroxylation sites is 1. The molecule has 0 spiro atoms. The maximum absolute atomic E-state index is 13.1. The van der Waals surface area contributed by atoms with Crippen LogP contribution in [0.2, 0.25) is 0 Å². The second kappa shape index (κ2) is 5.49. The lowest BCUT2D eigenvalue weighted by Crippen LogP contribution is -2.62. The average molecular weight is 349 g/mol. The zero-order chi connectivity index (χ0) is 17.8. The third kappa shape index (κ3) is 2.11. The van der Waals surface area contributed by atoms with Crippen LogP contribution in [0.5, 0.6) is 0 Å². The number of carbonyl (C=O) groups is 2. The van der Waals surface area contributed by atoms with Gasteiger partial charge < -0.3 is 19.2 Å². The van der Waals surface area contributed by atoms with Crippen molar-refractivity contribution in [3.63, 3.8) is 0 Å². The number of rotatable bonds is 2. The fourth-order valence-electron chi connectivity index (χ4n) is 4.35. The van der Waals surface area contributed by atoms with Crippen molar-refractivity contribution in [2.24, 2.45) is 0 Å². The Kier molecular flexibility index (Phi) is 3.22. The highest BCUT2D eigenvalue weighted by Crippen LogP contribution is 2.39. The summed E-state index contributed by atoms with van der Waals surface area (Å²) in [5.74, 6) is 0.665. The van der Waals surface area contributed by atoms with Gasteiger partial charge in [0.15, 0.2) is 0 Å². The summed E-state index contributed by atoms with van der Waals surface area (Å²) in [4.78, 5) is 32.8. The molecule has 1 saturated heterocycles. The minimum absolute atomic E-state index is 0.0104. The van der Waals surface area contributed by atoms with Gasteiger partial charge in [-0.15, -0.1) is 0 Å². The molecule has 5 rings (SSSR count). The number of nitrogens with zero attached hydrogens (tertiary/aromatic N) is 2. The molecule has 2 amide bonds. The monoisotopic (exact) mass is 349 g/mol. The normalized spacial score (nSPS) is 22.7. The Hall–Kier alpha value is -3.02. The largest absolute Gasteiger partial charge is 0.467 e. The second-order valence-electron chi connectivity index (χ2n) is 7.03. The second-order valence-corrected chi connectivity index (χ2v) is 7.03. The summed E-state index contributed by atoms with van der Waals surface area (Å²) in [6.07, 6.45) is 2.13. The van der Waals surface area contributed by atoms with Gasteiger partial charge >= 0.3 is 0 Å². The third-order valence-electron chi connectivity index (χ3n) is 5.55. The SMILES string of the molecule is CC1c2[nH]c3ccccc3c2C[C@H]2C(=O)N(Cc3ccco3)CC(=O)N12. The van der Waals surface area contributed by atoms with E-state index in [1.165, 1.54) is 0 Å². The van der Waals surface area contributed by atoms with Crippen LogP contribution in [0.3, 0.4) is 0 Å². The van der Waals surface area contributed by atoms with Crippen molar-refractivity contribution in [2.45, 2.75) is 32.0 Å². The van der Waals surface area contributed by atoms with Crippen LogP contribution in [0, 0.1) is 0 Å². The van der Waals surface area contributed by atoms with E-state index in [4.69, 9.17) is 4.42 Å². The molecular weight excluding hydrogens is 330 g/mol. The lowest BCUT2D eigenvalue weighted by molar-refractivity contribution is -0.160. The molecule has 0 saturated carbocycles. The maximum Gasteiger partial charge on any atom is 0.246 e. The first-order valence-electron chi connectivity index (χ1n) is 8.85. The number of nitrogens with one attached hydrogen (secondary N) is 1. The Balaban J connectivity index is 1.54. The van der Waals surface area contributed by atoms with E-state index >= 15 is 0 Å². The van der Waals surface area contributed by atoms with E-state index in [1.54, 1.807) is 22.1 Å². The summed E-state index contributed by atoms with van der Waals surface area (Å²) in [7, 11) is 0. The molecule has 132 valence electrons. The Morgan fingerprint density at radius 3 is 2.85 bits per heavy atom. The van der Waals surface area contributed by atoms with Gasteiger partial charge in [0.1, 0.15) is 18.3 Å². The summed E-state index contributed by atoms with van der Waals surface area (Å²) < 4.78 is 5.35. The predicted octanol–water partition coefficient (Wildman–Crippen LogP) is 2.62. The first-order chi connectivity index (χ1) is 12.6. The first kappa shape index (κ1) is 15.3. The zero-order valence-corrected chi connectivity index (χ0v) is 14.4. The van der Waals surface area contributed by atoms with Crippen molar-refractivity contribution in [3.8, 4) is 0 Å². The molecule has 1 N–H and O–H groups in total. The Labute approximate surface area is 150 Å². The van der Waals surface area contributed by atoms with Crippen molar-refractivity contribution in [1.82, 2.24) is 14.8 Å². The number of furan rings is 1. The van der Waals surface area contributed by atoms with Crippen molar-refractivity contribution >= 4 is 22.7 Å². The van der Waals surface area contributed by atoms with E-state index in [0.717, 1.165) is 22.2 Å². The van der Waals surface area contributed by atoms with Crippen molar-refractivity contribution in [3.05, 3.63) is 59.7 Å². The van der Waals surface area contributed by atoms with E-state index in [9.17, 15) is 9.59 Å². The Morgan fingerprint density at radius 2 is 2.04 bits per heavy atom. The fourth-order valence-corrected chi connectivity index (χ4v) is 4.35. The van der Waals surface area contributed by atoms with Gasteiger partial charge in [0.2, 0.25) is 11.8 Å². The summed E-state index contributed by atoms with van der Waals surface area (Å²) in [5.41, 5.74) is 3.25. The predicted molar refractivity (Wildman–Crippen MR) is 95.2 cm³/mol. The number of carbonyl (C=O) groups excluding carboxylic acids is 2. The molecule has 0 radical (unpaired) electrons. The number of hydrogen-bond donors (Lipinski definition) is 1. The molecular formula is C20H19N3O3. The summed E-state index contributed by atoms with van der Waals surface area (Å²) in [6, 6.07) is 11.1. The summed E-state index contributed by atoms with van der Waals surface area (Å²) in [5, 5.41) is 1.14. The highest BCUT2D eigenvalue weighted by Gasteiger charge is 2.46. The van der Waals surface area contributed by atoms with Crippen molar-refractivity contribution in [1.29, 1.82) is 0 Å². The van der Waals surface area contributed by atoms with E-state index in [2.05, 4.69) is 11.1 Å². The quantitative estimate of drug-likeness (QED) is 0.773. The smallest absolute Gasteiger partial charge is 0.246 e. The van der Waals surface area contributed by atoms with E-state index in [-0.39, 0.29) is 24.4 Å². The molecule has 26 heavy (non-hydrogen) atoms. The number of fused-ring (bicyclic) bond motifs is 4. The molecule has 1 unspecified atom stereocenters. The van der Waals surface area contributed by atoms with Crippen LogP contribution in [-0.4, -0.2) is 39.2 Å². The number of benzene rings is 1. The fraction of sp³-hybridized carbons (Fsp3) is 0.300. The van der Waals surface area contributed by atoms with Crippen LogP contribution in [0.4, 0.5) is 0 Å². The van der Waals surface area contributed by atoms with Crippen LogP contribution in [0.15, 0.2) is 47.1 Å². The van der Waals surface area contributed by atoms with Crippen LogP contribution >= 0.6 is 0 Å². The molecule has 4 heterocycles. The topological polar surface area (TPSA) is 69.5 Å². The maximum atomic E-state index is 13.1. The van der Waals surface area contributed by atoms with Crippen molar-refractivity contribution in [2.75, 3.05) is 6.54 Å². The van der Waals surface area contributed by atoms with E-state index in [1.807, 2.05) is 31.2 Å². The lowest BCUT2D eigenvalue weighted by Gasteiger charge is -2.45. The minimum atomic E-state index is -0.451. The van der Waals surface area contributed by atoms with Gasteiger partial charge in [-0.25, -0.2) is 0 Å². The highest BCUT2D eigenvalue weighted by molar-refractivity contribution is 5.97. The molecule has 2 aromatic heterocycles. The standard InChI is InChI=1S/C20H19N3O3/c1-12-19-15(14-6-2-3-7-16(14)21-19)9-17-20(25)22(11-18(24)23(12)17)10-13-5-4-8-26-13/h2-8,12,17,21H,9-11H2,1H3/t12?,17-/m0/s1. The molecule has 0 aliphatic carbocycles. The van der Waals surface area contributed by atoms with Crippen molar-refractivity contribution < 1.29 is 14.0 Å². The van der Waals surface area contributed by atoms with Crippen LogP contribution in [0.1, 0.15) is 30.0 Å². The molecule has 2 aliphatic heterocycles. The summed E-state index contributed by atoms with van der Waals surface area (Å²) in [6.45, 7) is 2.42. The van der Waals surface area contributed by atoms with Gasteiger partial charge in [-0.1, -0.05) is 18.2 Å². The third-order valence-corrected chi connectivity index (χ3v) is 5.55. The highest BCUT2D eigenvalue weighted by atomic mass is 16.3. The minimum Gasteiger partial charge on any atom is -0.467 e. The molecule has 1 aromatic carbocycles.